The van der Waals surface area contributed by atoms with E-state index in [0.717, 1.165) is 32.1 Å². The van der Waals surface area contributed by atoms with Crippen LogP contribution in [0.15, 0.2) is 0 Å². The topological polar surface area (TPSA) is 41.6 Å². The maximum atomic E-state index is 12.9. The summed E-state index contributed by atoms with van der Waals surface area (Å²) >= 11 is 0. The van der Waals surface area contributed by atoms with Crippen molar-refractivity contribution in [1.29, 1.82) is 0 Å². The molecule has 0 bridgehead atoms. The third kappa shape index (κ3) is 2.73. The second-order valence-corrected chi connectivity index (χ2v) is 6.96. The first kappa shape index (κ1) is 15.8. The van der Waals surface area contributed by atoms with Crippen LogP contribution in [-0.4, -0.2) is 41.8 Å². The van der Waals surface area contributed by atoms with Gasteiger partial charge in [0.25, 0.3) is 0 Å². The highest BCUT2D eigenvalue weighted by Crippen LogP contribution is 2.35. The van der Waals surface area contributed by atoms with Crippen molar-refractivity contribution in [3.63, 3.8) is 0 Å². The van der Waals surface area contributed by atoms with E-state index in [0.29, 0.717) is 5.92 Å². The summed E-state index contributed by atoms with van der Waals surface area (Å²) in [6.07, 6.45) is 5.50. The molecule has 0 spiro atoms. The Morgan fingerprint density at radius 1 is 1.45 bits per heavy atom. The molecule has 2 rings (SSSR count). The van der Waals surface area contributed by atoms with Crippen LogP contribution in [0.4, 0.5) is 0 Å². The van der Waals surface area contributed by atoms with Crippen molar-refractivity contribution in [3.05, 3.63) is 0 Å². The Hall–Kier alpha value is -0.610. The number of hydrogen-bond donors (Lipinski definition) is 1. The van der Waals surface area contributed by atoms with Gasteiger partial charge >= 0.3 is 0 Å². The zero-order chi connectivity index (χ0) is 14.9. The largest absolute Gasteiger partial charge is 0.379 e. The lowest BCUT2D eigenvalue weighted by molar-refractivity contribution is -0.137. The van der Waals surface area contributed by atoms with Crippen molar-refractivity contribution >= 4 is 5.91 Å². The second kappa shape index (κ2) is 6.02. The van der Waals surface area contributed by atoms with Gasteiger partial charge in [0, 0.05) is 7.11 Å². The number of ether oxygens (including phenoxy) is 1. The molecule has 4 unspecified atom stereocenters. The number of nitrogens with zero attached hydrogens (tertiary/aromatic N) is 1. The average Bonchev–Trinajstić information content (AvgIpc) is 2.93. The van der Waals surface area contributed by atoms with E-state index in [9.17, 15) is 4.79 Å². The van der Waals surface area contributed by atoms with Gasteiger partial charge in [-0.05, 0) is 44.9 Å². The first-order valence-corrected chi connectivity index (χ1v) is 8.06. The smallest absolute Gasteiger partial charge is 0.244 e. The molecule has 1 heterocycles. The molecule has 4 heteroatoms. The molecule has 2 aliphatic rings. The molecule has 1 aliphatic heterocycles. The molecule has 0 aromatic heterocycles. The minimum atomic E-state index is -0.402. The molecule has 2 fully saturated rings. The quantitative estimate of drug-likeness (QED) is 0.842. The van der Waals surface area contributed by atoms with Crippen LogP contribution in [0.5, 0.6) is 0 Å². The molecule has 20 heavy (non-hydrogen) atoms. The number of rotatable bonds is 5. The highest BCUT2D eigenvalue weighted by Gasteiger charge is 2.51. The van der Waals surface area contributed by atoms with Gasteiger partial charge in [0.05, 0.1) is 23.9 Å². The Morgan fingerprint density at radius 2 is 2.15 bits per heavy atom. The zero-order valence-electron chi connectivity index (χ0n) is 13.6. The lowest BCUT2D eigenvalue weighted by Crippen LogP contribution is -2.49. The molecule has 0 aromatic rings. The monoisotopic (exact) mass is 282 g/mol. The fourth-order valence-corrected chi connectivity index (χ4v) is 3.68. The zero-order valence-corrected chi connectivity index (χ0v) is 13.6. The summed E-state index contributed by atoms with van der Waals surface area (Å²) in [5, 5.41) is 3.59. The maximum absolute atomic E-state index is 12.9. The van der Waals surface area contributed by atoms with Crippen LogP contribution in [-0.2, 0) is 9.53 Å². The van der Waals surface area contributed by atoms with Gasteiger partial charge in [-0.1, -0.05) is 20.8 Å². The molecular weight excluding hydrogens is 252 g/mol. The molecule has 0 radical (unpaired) electrons. The molecule has 0 aromatic carbocycles. The summed E-state index contributed by atoms with van der Waals surface area (Å²) < 4.78 is 5.62. The van der Waals surface area contributed by atoms with E-state index in [4.69, 9.17) is 4.74 Å². The van der Waals surface area contributed by atoms with Crippen LogP contribution < -0.4 is 5.32 Å². The lowest BCUT2D eigenvalue weighted by Gasteiger charge is -2.34. The Labute approximate surface area is 123 Å². The van der Waals surface area contributed by atoms with E-state index in [1.807, 2.05) is 6.92 Å². The van der Waals surface area contributed by atoms with Crippen LogP contribution in [0.25, 0.3) is 0 Å². The van der Waals surface area contributed by atoms with E-state index < -0.39 is 5.54 Å². The van der Waals surface area contributed by atoms with Gasteiger partial charge in [-0.25, -0.2) is 0 Å². The van der Waals surface area contributed by atoms with Crippen molar-refractivity contribution in [2.75, 3.05) is 7.11 Å². The SMILES string of the molecule is CCC1(C)NC(CC(C)C)N(C2CCCC2OC)C1=O. The van der Waals surface area contributed by atoms with Gasteiger partial charge in [-0.15, -0.1) is 0 Å². The molecule has 1 saturated carbocycles. The minimum Gasteiger partial charge on any atom is -0.379 e. The fourth-order valence-electron chi connectivity index (χ4n) is 3.68. The fraction of sp³-hybridized carbons (Fsp3) is 0.938. The molecule has 1 N–H and O–H groups in total. The van der Waals surface area contributed by atoms with Crippen LogP contribution in [0.2, 0.25) is 0 Å². The molecule has 4 nitrogen and oxygen atoms in total. The van der Waals surface area contributed by atoms with Gasteiger partial charge < -0.3 is 9.64 Å². The number of amides is 1. The average molecular weight is 282 g/mol. The van der Waals surface area contributed by atoms with Crippen LogP contribution in [0.1, 0.15) is 59.8 Å². The normalized spacial score (nSPS) is 38.2. The summed E-state index contributed by atoms with van der Waals surface area (Å²) in [5.74, 6) is 0.837. The van der Waals surface area contributed by atoms with Crippen LogP contribution in [0, 0.1) is 5.92 Å². The van der Waals surface area contributed by atoms with Crippen molar-refractivity contribution in [2.45, 2.75) is 83.6 Å². The minimum absolute atomic E-state index is 0.160. The number of nitrogens with one attached hydrogen (secondary N) is 1. The van der Waals surface area contributed by atoms with Gasteiger partial charge in [-0.2, -0.15) is 0 Å². The van der Waals surface area contributed by atoms with Crippen LogP contribution in [0.3, 0.4) is 0 Å². The van der Waals surface area contributed by atoms with Gasteiger partial charge in [0.2, 0.25) is 5.91 Å². The summed E-state index contributed by atoms with van der Waals surface area (Å²) in [6.45, 7) is 8.56. The van der Waals surface area contributed by atoms with Gasteiger partial charge in [0.1, 0.15) is 0 Å². The van der Waals surface area contributed by atoms with Gasteiger partial charge in [0.15, 0.2) is 0 Å². The first-order chi connectivity index (χ1) is 9.42. The molecular formula is C16H30N2O2. The molecule has 4 atom stereocenters. The Bertz CT molecular complexity index is 358. The highest BCUT2D eigenvalue weighted by atomic mass is 16.5. The number of methoxy groups -OCH3 is 1. The van der Waals surface area contributed by atoms with E-state index in [1.165, 1.54) is 0 Å². The Morgan fingerprint density at radius 3 is 2.70 bits per heavy atom. The van der Waals surface area contributed by atoms with Crippen molar-refractivity contribution in [1.82, 2.24) is 10.2 Å². The van der Waals surface area contributed by atoms with E-state index in [2.05, 4.69) is 31.0 Å². The number of hydrogen-bond acceptors (Lipinski definition) is 3. The second-order valence-electron chi connectivity index (χ2n) is 6.96. The lowest BCUT2D eigenvalue weighted by atomic mass is 9.98. The maximum Gasteiger partial charge on any atom is 0.244 e. The summed E-state index contributed by atoms with van der Waals surface area (Å²) in [5.41, 5.74) is -0.402. The predicted molar refractivity (Wildman–Crippen MR) is 80.4 cm³/mol. The third-order valence-corrected chi connectivity index (χ3v) is 5.01. The Balaban J connectivity index is 2.23. The van der Waals surface area contributed by atoms with Crippen molar-refractivity contribution in [3.8, 4) is 0 Å². The van der Waals surface area contributed by atoms with Crippen LogP contribution >= 0.6 is 0 Å². The third-order valence-electron chi connectivity index (χ3n) is 5.01. The van der Waals surface area contributed by atoms with Crippen molar-refractivity contribution < 1.29 is 9.53 Å². The molecule has 116 valence electrons. The predicted octanol–water partition coefficient (Wildman–Crippen LogP) is 2.53. The molecule has 1 saturated heterocycles. The first-order valence-electron chi connectivity index (χ1n) is 8.06. The molecule has 1 amide bonds. The summed E-state index contributed by atoms with van der Waals surface area (Å²) in [6, 6.07) is 0.247. The van der Waals surface area contributed by atoms with E-state index in [-0.39, 0.29) is 24.2 Å². The van der Waals surface area contributed by atoms with Crippen molar-refractivity contribution in [2.24, 2.45) is 5.92 Å². The highest BCUT2D eigenvalue weighted by molar-refractivity contribution is 5.88. The number of carbonyl (C=O) groups excluding carboxylic acids is 1. The summed E-state index contributed by atoms with van der Waals surface area (Å²) in [7, 11) is 1.77. The van der Waals surface area contributed by atoms with E-state index in [1.54, 1.807) is 7.11 Å². The van der Waals surface area contributed by atoms with E-state index >= 15 is 0 Å². The summed E-state index contributed by atoms with van der Waals surface area (Å²) in [4.78, 5) is 15.0. The van der Waals surface area contributed by atoms with Gasteiger partial charge in [-0.3, -0.25) is 10.1 Å². The molecule has 1 aliphatic carbocycles. The standard InChI is InChI=1S/C16H30N2O2/c1-6-16(4)15(19)18(14(17-16)10-11(2)3)12-8-7-9-13(12)20-5/h11-14,17H,6-10H2,1-5H3. The Kier molecular flexibility index (Phi) is 4.75. The number of carbonyl (C=O) groups is 1.